The van der Waals surface area contributed by atoms with E-state index in [1.54, 1.807) is 12.1 Å². The molecule has 2 heterocycles. The van der Waals surface area contributed by atoms with Gasteiger partial charge in [0.15, 0.2) is 5.65 Å². The molecule has 0 bridgehead atoms. The summed E-state index contributed by atoms with van der Waals surface area (Å²) >= 11 is 1.50. The average molecular weight is 275 g/mol. The number of hydrogen-bond acceptors (Lipinski definition) is 5. The molecule has 0 spiro atoms. The van der Waals surface area contributed by atoms with Crippen LogP contribution in [0.3, 0.4) is 0 Å². The van der Waals surface area contributed by atoms with Crippen molar-refractivity contribution in [1.29, 1.82) is 0 Å². The first-order chi connectivity index (χ1) is 9.28. The fraction of sp³-hybridized carbons (Fsp3) is 0.0833. The lowest BCUT2D eigenvalue weighted by Gasteiger charge is -2.06. The van der Waals surface area contributed by atoms with Crippen LogP contribution in [0.5, 0.6) is 0 Å². The van der Waals surface area contributed by atoms with Gasteiger partial charge in [0.25, 0.3) is 0 Å². The monoisotopic (exact) mass is 275 g/mol. The molecule has 7 heteroatoms. The molecule has 0 amide bonds. The van der Waals surface area contributed by atoms with Crippen LogP contribution in [0.4, 0.5) is 15.9 Å². The van der Waals surface area contributed by atoms with Gasteiger partial charge in [-0.25, -0.2) is 14.4 Å². The lowest BCUT2D eigenvalue weighted by molar-refractivity contribution is 0.628. The summed E-state index contributed by atoms with van der Waals surface area (Å²) in [5.41, 5.74) is 1.28. The van der Waals surface area contributed by atoms with Gasteiger partial charge in [-0.1, -0.05) is 6.07 Å². The van der Waals surface area contributed by atoms with Crippen molar-refractivity contribution in [3.8, 4) is 0 Å². The maximum Gasteiger partial charge on any atom is 0.161 e. The Labute approximate surface area is 112 Å². The Balaban J connectivity index is 2.07. The SMILES string of the molecule is CSc1n[nH]c2ncnc(Nc3cccc(F)c3)c12. The molecule has 0 fully saturated rings. The van der Waals surface area contributed by atoms with Crippen LogP contribution in [0.2, 0.25) is 0 Å². The van der Waals surface area contributed by atoms with Crippen molar-refractivity contribution >= 4 is 34.3 Å². The molecular weight excluding hydrogens is 265 g/mol. The number of anilines is 2. The highest BCUT2D eigenvalue weighted by Crippen LogP contribution is 2.29. The van der Waals surface area contributed by atoms with Crippen molar-refractivity contribution in [3.63, 3.8) is 0 Å². The van der Waals surface area contributed by atoms with Crippen LogP contribution in [-0.4, -0.2) is 26.4 Å². The largest absolute Gasteiger partial charge is 0.339 e. The van der Waals surface area contributed by atoms with E-state index in [-0.39, 0.29) is 5.82 Å². The van der Waals surface area contributed by atoms with E-state index in [2.05, 4.69) is 25.5 Å². The first-order valence-electron chi connectivity index (χ1n) is 5.53. The molecule has 2 N–H and O–H groups in total. The number of nitrogens with one attached hydrogen (secondary N) is 2. The quantitative estimate of drug-likeness (QED) is 0.719. The minimum atomic E-state index is -0.299. The van der Waals surface area contributed by atoms with E-state index < -0.39 is 0 Å². The van der Waals surface area contributed by atoms with Crippen LogP contribution in [-0.2, 0) is 0 Å². The number of benzene rings is 1. The Morgan fingerprint density at radius 1 is 1.32 bits per heavy atom. The Bertz CT molecular complexity index is 727. The van der Waals surface area contributed by atoms with Gasteiger partial charge in [0, 0.05) is 5.69 Å². The molecular formula is C12H10FN5S. The average Bonchev–Trinajstić information content (AvgIpc) is 2.83. The Hall–Kier alpha value is -2.15. The lowest BCUT2D eigenvalue weighted by Crippen LogP contribution is -1.96. The van der Waals surface area contributed by atoms with Gasteiger partial charge in [-0.05, 0) is 24.5 Å². The van der Waals surface area contributed by atoms with E-state index in [1.165, 1.54) is 30.2 Å². The van der Waals surface area contributed by atoms with E-state index in [1.807, 2.05) is 6.26 Å². The predicted octanol–water partition coefficient (Wildman–Crippen LogP) is 2.96. The number of hydrogen-bond donors (Lipinski definition) is 2. The molecule has 0 aliphatic rings. The van der Waals surface area contributed by atoms with Crippen molar-refractivity contribution in [2.75, 3.05) is 11.6 Å². The molecule has 0 aliphatic heterocycles. The van der Waals surface area contributed by atoms with E-state index >= 15 is 0 Å². The summed E-state index contributed by atoms with van der Waals surface area (Å²) < 4.78 is 13.2. The van der Waals surface area contributed by atoms with Crippen LogP contribution < -0.4 is 5.32 Å². The number of aromatic amines is 1. The van der Waals surface area contributed by atoms with Crippen molar-refractivity contribution in [2.24, 2.45) is 0 Å². The van der Waals surface area contributed by atoms with Crippen molar-refractivity contribution in [3.05, 3.63) is 36.4 Å². The molecule has 0 radical (unpaired) electrons. The molecule has 3 aromatic rings. The molecule has 0 aliphatic carbocycles. The first kappa shape index (κ1) is 11.9. The fourth-order valence-electron chi connectivity index (χ4n) is 1.78. The first-order valence-corrected chi connectivity index (χ1v) is 6.76. The number of aromatic nitrogens is 4. The van der Waals surface area contributed by atoms with Crippen molar-refractivity contribution in [1.82, 2.24) is 20.2 Å². The van der Waals surface area contributed by atoms with Gasteiger partial charge in [-0.2, -0.15) is 5.10 Å². The highest BCUT2D eigenvalue weighted by Gasteiger charge is 2.12. The third-order valence-corrected chi connectivity index (χ3v) is 3.29. The van der Waals surface area contributed by atoms with Crippen LogP contribution >= 0.6 is 11.8 Å². The molecule has 5 nitrogen and oxygen atoms in total. The number of nitrogens with zero attached hydrogens (tertiary/aromatic N) is 3. The standard InChI is InChI=1S/C12H10FN5S/c1-19-12-9-10(14-6-15-11(9)17-18-12)16-8-4-2-3-7(13)5-8/h2-6H,1H3,(H2,14,15,16,17,18). The second-order valence-corrected chi connectivity index (χ2v) is 4.61. The summed E-state index contributed by atoms with van der Waals surface area (Å²) in [6.45, 7) is 0. The second kappa shape index (κ2) is 4.85. The zero-order valence-electron chi connectivity index (χ0n) is 10.0. The normalized spacial score (nSPS) is 10.8. The third-order valence-electron chi connectivity index (χ3n) is 2.61. The van der Waals surface area contributed by atoms with Gasteiger partial charge in [-0.3, -0.25) is 5.10 Å². The zero-order chi connectivity index (χ0) is 13.2. The second-order valence-electron chi connectivity index (χ2n) is 3.81. The Morgan fingerprint density at radius 3 is 3.00 bits per heavy atom. The van der Waals surface area contributed by atoms with Gasteiger partial charge in [0.05, 0.1) is 5.39 Å². The third kappa shape index (κ3) is 2.24. The van der Waals surface area contributed by atoms with Gasteiger partial charge < -0.3 is 5.32 Å². The fourth-order valence-corrected chi connectivity index (χ4v) is 2.31. The predicted molar refractivity (Wildman–Crippen MR) is 73.1 cm³/mol. The number of thioether (sulfide) groups is 1. The van der Waals surface area contributed by atoms with E-state index in [0.29, 0.717) is 17.2 Å². The summed E-state index contributed by atoms with van der Waals surface area (Å²) in [5.74, 6) is 0.307. The van der Waals surface area contributed by atoms with Gasteiger partial charge in [-0.15, -0.1) is 11.8 Å². The molecule has 0 saturated heterocycles. The summed E-state index contributed by atoms with van der Waals surface area (Å²) in [4.78, 5) is 8.31. The highest BCUT2D eigenvalue weighted by atomic mass is 32.2. The van der Waals surface area contributed by atoms with Gasteiger partial charge in [0.2, 0.25) is 0 Å². The molecule has 0 saturated carbocycles. The van der Waals surface area contributed by atoms with Crippen LogP contribution in [0, 0.1) is 5.82 Å². The summed E-state index contributed by atoms with van der Waals surface area (Å²) in [7, 11) is 0. The van der Waals surface area contributed by atoms with Crippen LogP contribution in [0.15, 0.2) is 35.6 Å². The molecule has 19 heavy (non-hydrogen) atoms. The molecule has 0 atom stereocenters. The number of rotatable bonds is 3. The minimum Gasteiger partial charge on any atom is -0.339 e. The maximum atomic E-state index is 13.2. The van der Waals surface area contributed by atoms with Gasteiger partial charge >= 0.3 is 0 Å². The van der Waals surface area contributed by atoms with E-state index in [9.17, 15) is 4.39 Å². The van der Waals surface area contributed by atoms with E-state index in [0.717, 1.165) is 10.4 Å². The van der Waals surface area contributed by atoms with Crippen LogP contribution in [0.25, 0.3) is 11.0 Å². The minimum absolute atomic E-state index is 0.299. The van der Waals surface area contributed by atoms with E-state index in [4.69, 9.17) is 0 Å². The van der Waals surface area contributed by atoms with Crippen LogP contribution in [0.1, 0.15) is 0 Å². The Morgan fingerprint density at radius 2 is 2.21 bits per heavy atom. The number of halogens is 1. The van der Waals surface area contributed by atoms with Crippen molar-refractivity contribution in [2.45, 2.75) is 5.03 Å². The summed E-state index contributed by atoms with van der Waals surface area (Å²) in [6.07, 6.45) is 3.36. The summed E-state index contributed by atoms with van der Waals surface area (Å²) in [5, 5.41) is 11.7. The smallest absolute Gasteiger partial charge is 0.161 e. The molecule has 2 aromatic heterocycles. The topological polar surface area (TPSA) is 66.5 Å². The highest BCUT2D eigenvalue weighted by molar-refractivity contribution is 7.98. The maximum absolute atomic E-state index is 13.2. The van der Waals surface area contributed by atoms with Crippen molar-refractivity contribution < 1.29 is 4.39 Å². The molecule has 3 rings (SSSR count). The Kier molecular flexibility index (Phi) is 3.04. The summed E-state index contributed by atoms with van der Waals surface area (Å²) in [6, 6.07) is 6.22. The number of fused-ring (bicyclic) bond motifs is 1. The molecule has 1 aromatic carbocycles. The molecule has 96 valence electrons. The molecule has 0 unspecified atom stereocenters. The zero-order valence-corrected chi connectivity index (χ0v) is 10.8. The number of H-pyrrole nitrogens is 1. The van der Waals surface area contributed by atoms with Gasteiger partial charge in [0.1, 0.15) is 23.0 Å². The lowest BCUT2D eigenvalue weighted by atomic mass is 10.3.